The molecule has 0 aliphatic rings. The summed E-state index contributed by atoms with van der Waals surface area (Å²) in [6.45, 7) is 7.41. The second-order valence-electron chi connectivity index (χ2n) is 17.0. The molecular formula is C61H98O5. The number of hydrogen-bond donors (Lipinski definition) is 0. The van der Waals surface area contributed by atoms with Crippen LogP contribution in [0, 0.1) is 0 Å². The van der Waals surface area contributed by atoms with Crippen molar-refractivity contribution in [2.75, 3.05) is 19.8 Å². The predicted molar refractivity (Wildman–Crippen MR) is 288 cm³/mol. The van der Waals surface area contributed by atoms with Gasteiger partial charge in [0.15, 0.2) is 6.10 Å². The van der Waals surface area contributed by atoms with Crippen molar-refractivity contribution in [3.63, 3.8) is 0 Å². The van der Waals surface area contributed by atoms with E-state index in [0.717, 1.165) is 83.5 Å². The minimum atomic E-state index is -0.624. The second kappa shape index (κ2) is 55.4. The Balaban J connectivity index is 4.49. The molecule has 1 unspecified atom stereocenters. The zero-order valence-electron chi connectivity index (χ0n) is 42.7. The first kappa shape index (κ1) is 62.0. The fourth-order valence-electron chi connectivity index (χ4n) is 6.79. The van der Waals surface area contributed by atoms with Crippen LogP contribution in [-0.2, 0) is 23.8 Å². The van der Waals surface area contributed by atoms with Crippen LogP contribution in [0.3, 0.4) is 0 Å². The average molecular weight is 911 g/mol. The Kier molecular flexibility index (Phi) is 52.0. The van der Waals surface area contributed by atoms with Gasteiger partial charge in [0, 0.05) is 13.0 Å². The lowest BCUT2D eigenvalue weighted by molar-refractivity contribution is -0.162. The Morgan fingerprint density at radius 1 is 0.364 bits per heavy atom. The molecule has 0 aromatic carbocycles. The highest BCUT2D eigenvalue weighted by Crippen LogP contribution is 2.12. The van der Waals surface area contributed by atoms with Gasteiger partial charge in [-0.1, -0.05) is 225 Å². The van der Waals surface area contributed by atoms with E-state index < -0.39 is 6.10 Å². The van der Waals surface area contributed by atoms with Gasteiger partial charge in [0.1, 0.15) is 6.61 Å². The average Bonchev–Trinajstić information content (AvgIpc) is 3.32. The molecular weight excluding hydrogens is 813 g/mol. The van der Waals surface area contributed by atoms with Crippen LogP contribution < -0.4 is 0 Å². The van der Waals surface area contributed by atoms with Crippen LogP contribution in [0.5, 0.6) is 0 Å². The van der Waals surface area contributed by atoms with E-state index >= 15 is 0 Å². The topological polar surface area (TPSA) is 61.8 Å². The van der Waals surface area contributed by atoms with Crippen molar-refractivity contribution >= 4 is 11.9 Å². The van der Waals surface area contributed by atoms with Crippen molar-refractivity contribution in [1.29, 1.82) is 0 Å². The van der Waals surface area contributed by atoms with Crippen LogP contribution >= 0.6 is 0 Å². The summed E-state index contributed by atoms with van der Waals surface area (Å²) in [5.41, 5.74) is 0. The summed E-state index contributed by atoms with van der Waals surface area (Å²) < 4.78 is 17.3. The van der Waals surface area contributed by atoms with E-state index in [0.29, 0.717) is 19.4 Å². The van der Waals surface area contributed by atoms with Gasteiger partial charge in [-0.3, -0.25) is 9.59 Å². The number of ether oxygens (including phenoxy) is 3. The highest BCUT2D eigenvalue weighted by atomic mass is 16.6. The lowest BCUT2D eigenvalue weighted by atomic mass is 10.1. The third-order valence-electron chi connectivity index (χ3n) is 10.7. The van der Waals surface area contributed by atoms with Gasteiger partial charge in [0.25, 0.3) is 0 Å². The van der Waals surface area contributed by atoms with E-state index in [2.05, 4.69) is 142 Å². The molecule has 0 saturated heterocycles. The highest BCUT2D eigenvalue weighted by Gasteiger charge is 2.17. The zero-order valence-corrected chi connectivity index (χ0v) is 42.7. The first-order valence-corrected chi connectivity index (χ1v) is 26.7. The highest BCUT2D eigenvalue weighted by molar-refractivity contribution is 5.71. The number of carbonyl (C=O) groups excluding carboxylic acids is 2. The largest absolute Gasteiger partial charge is 0.462 e. The summed E-state index contributed by atoms with van der Waals surface area (Å²) in [7, 11) is 0. The van der Waals surface area contributed by atoms with Crippen LogP contribution in [0.15, 0.2) is 134 Å². The molecule has 5 heteroatoms. The van der Waals surface area contributed by atoms with Gasteiger partial charge >= 0.3 is 11.9 Å². The molecule has 0 amide bonds. The van der Waals surface area contributed by atoms with E-state index in [9.17, 15) is 9.59 Å². The summed E-state index contributed by atoms with van der Waals surface area (Å²) in [5.74, 6) is -0.621. The molecule has 0 aromatic rings. The van der Waals surface area contributed by atoms with Crippen LogP contribution in [0.1, 0.15) is 213 Å². The molecule has 0 bridgehead atoms. The van der Waals surface area contributed by atoms with Crippen molar-refractivity contribution in [3.05, 3.63) is 134 Å². The number of carbonyl (C=O) groups is 2. The van der Waals surface area contributed by atoms with Crippen LogP contribution in [0.2, 0.25) is 0 Å². The summed E-state index contributed by atoms with van der Waals surface area (Å²) in [6.07, 6.45) is 79.3. The number of esters is 2. The fourth-order valence-corrected chi connectivity index (χ4v) is 6.79. The Morgan fingerprint density at radius 2 is 0.727 bits per heavy atom. The van der Waals surface area contributed by atoms with E-state index in [-0.39, 0.29) is 31.6 Å². The van der Waals surface area contributed by atoms with E-state index in [1.807, 2.05) is 12.2 Å². The van der Waals surface area contributed by atoms with Gasteiger partial charge in [-0.15, -0.1) is 0 Å². The maximum atomic E-state index is 12.8. The van der Waals surface area contributed by atoms with E-state index in [1.54, 1.807) is 0 Å². The molecule has 0 spiro atoms. The van der Waals surface area contributed by atoms with Crippen molar-refractivity contribution in [2.24, 2.45) is 0 Å². The van der Waals surface area contributed by atoms with Gasteiger partial charge in [0.05, 0.1) is 13.0 Å². The SMILES string of the molecule is CC/C=C\C/C=C\C/C=C\C/C=C\C/C=C\CCCC(=O)OCC(COCCCCCCCCCC/C=C\CCCCCCCC)OC(=O)C/C=C\C/C=C\C/C=C\C/C=C\C/C=C\CC. The first-order valence-electron chi connectivity index (χ1n) is 26.7. The molecule has 0 fully saturated rings. The van der Waals surface area contributed by atoms with Gasteiger partial charge in [-0.25, -0.2) is 0 Å². The molecule has 0 aliphatic heterocycles. The maximum Gasteiger partial charge on any atom is 0.310 e. The molecule has 0 N–H and O–H groups in total. The van der Waals surface area contributed by atoms with E-state index in [4.69, 9.17) is 14.2 Å². The molecule has 0 rings (SSSR count). The van der Waals surface area contributed by atoms with Gasteiger partial charge in [-0.05, 0) is 109 Å². The standard InChI is InChI=1S/C61H98O5/c1-4-7-10-13-16-19-22-25-28-30-32-35-38-41-44-47-50-53-56-64-57-59(66-61(63)55-52-49-46-43-40-37-33-27-24-21-18-15-12-9-6-3)58-65-60(62)54-51-48-45-42-39-36-34-31-29-26-23-20-17-14-11-8-5-2/h8-9,11-12,17-18,20-21,25-29,33-34,36,40,42-43,45,49,52,59H,4-7,10,13-16,19,22-24,30-32,35,37-39,41,44,46-48,50-51,53-58H2,1-3H3/b11-8-,12-9-,20-17-,21-18-,28-25-,29-26-,33-27-,36-34-,43-40-,45-42-,52-49-. The number of hydrogen-bond acceptors (Lipinski definition) is 5. The molecule has 0 aromatic heterocycles. The van der Waals surface area contributed by atoms with Crippen LogP contribution in [0.25, 0.3) is 0 Å². The lowest BCUT2D eigenvalue weighted by Crippen LogP contribution is -2.29. The zero-order chi connectivity index (χ0) is 47.7. The second-order valence-corrected chi connectivity index (χ2v) is 17.0. The molecule has 372 valence electrons. The number of allylic oxidation sites excluding steroid dienone is 21. The van der Waals surface area contributed by atoms with Crippen molar-refractivity contribution in [1.82, 2.24) is 0 Å². The summed E-state index contributed by atoms with van der Waals surface area (Å²) >= 11 is 0. The van der Waals surface area contributed by atoms with Gasteiger partial charge in [-0.2, -0.15) is 0 Å². The van der Waals surface area contributed by atoms with Crippen molar-refractivity contribution < 1.29 is 23.8 Å². The quantitative estimate of drug-likeness (QED) is 0.0346. The molecule has 0 radical (unpaired) electrons. The molecule has 0 heterocycles. The Morgan fingerprint density at radius 3 is 1.18 bits per heavy atom. The van der Waals surface area contributed by atoms with Gasteiger partial charge < -0.3 is 14.2 Å². The first-order chi connectivity index (χ1) is 32.6. The van der Waals surface area contributed by atoms with Gasteiger partial charge in [0.2, 0.25) is 0 Å². The molecule has 0 aliphatic carbocycles. The lowest BCUT2D eigenvalue weighted by Gasteiger charge is -2.18. The fraction of sp³-hybridized carbons (Fsp3) is 0.607. The third kappa shape index (κ3) is 52.7. The monoisotopic (exact) mass is 911 g/mol. The van der Waals surface area contributed by atoms with Crippen molar-refractivity contribution in [2.45, 2.75) is 219 Å². The number of unbranched alkanes of at least 4 members (excludes halogenated alkanes) is 15. The summed E-state index contributed by atoms with van der Waals surface area (Å²) in [5, 5.41) is 0. The Bertz CT molecular complexity index is 1400. The molecule has 66 heavy (non-hydrogen) atoms. The smallest absolute Gasteiger partial charge is 0.310 e. The Hall–Kier alpha value is -3.96. The third-order valence-corrected chi connectivity index (χ3v) is 10.7. The summed E-state index contributed by atoms with van der Waals surface area (Å²) in [6, 6.07) is 0. The minimum absolute atomic E-state index is 0.00677. The maximum absolute atomic E-state index is 12.8. The molecule has 0 saturated carbocycles. The minimum Gasteiger partial charge on any atom is -0.462 e. The number of rotatable bonds is 47. The molecule has 5 nitrogen and oxygen atoms in total. The molecule has 1 atom stereocenters. The van der Waals surface area contributed by atoms with Crippen molar-refractivity contribution in [3.8, 4) is 0 Å². The predicted octanol–water partition coefficient (Wildman–Crippen LogP) is 18.3. The van der Waals surface area contributed by atoms with Crippen LogP contribution in [0.4, 0.5) is 0 Å². The Labute approximate surface area is 407 Å². The van der Waals surface area contributed by atoms with Crippen LogP contribution in [-0.4, -0.2) is 37.9 Å². The van der Waals surface area contributed by atoms with E-state index in [1.165, 1.54) is 89.9 Å². The normalized spacial score (nSPS) is 13.3. The summed E-state index contributed by atoms with van der Waals surface area (Å²) in [4.78, 5) is 25.4.